The number of aromatic nitrogens is 3. The maximum Gasteiger partial charge on any atom is 0.339 e. The average molecular weight is 327 g/mol. The number of aromatic carboxylic acids is 1. The fraction of sp³-hybridized carbons (Fsp3) is 0.188. The van der Waals surface area contributed by atoms with Gasteiger partial charge in [-0.2, -0.15) is 0 Å². The van der Waals surface area contributed by atoms with Crippen molar-refractivity contribution in [2.45, 2.75) is 6.54 Å². The molecule has 0 spiro atoms. The molecule has 8 heteroatoms. The fourth-order valence-electron chi connectivity index (χ4n) is 2.53. The van der Waals surface area contributed by atoms with E-state index < -0.39 is 5.97 Å². The van der Waals surface area contributed by atoms with Crippen molar-refractivity contribution in [3.05, 3.63) is 42.0 Å². The van der Waals surface area contributed by atoms with E-state index in [0.29, 0.717) is 29.3 Å². The summed E-state index contributed by atoms with van der Waals surface area (Å²) in [4.78, 5) is 11.2. The first-order chi connectivity index (χ1) is 11.7. The predicted octanol–water partition coefficient (Wildman–Crippen LogP) is 1.94. The van der Waals surface area contributed by atoms with Crippen molar-refractivity contribution in [1.29, 1.82) is 0 Å². The van der Waals surface area contributed by atoms with E-state index in [1.807, 2.05) is 6.07 Å². The van der Waals surface area contributed by atoms with Gasteiger partial charge < -0.3 is 19.3 Å². The van der Waals surface area contributed by atoms with Crippen LogP contribution in [0.1, 0.15) is 10.4 Å². The first-order valence-corrected chi connectivity index (χ1v) is 7.30. The van der Waals surface area contributed by atoms with Crippen molar-refractivity contribution in [1.82, 2.24) is 15.0 Å². The maximum atomic E-state index is 11.2. The molecule has 0 bridgehead atoms. The molecule has 0 aliphatic carbocycles. The van der Waals surface area contributed by atoms with Crippen LogP contribution in [0.15, 0.2) is 36.4 Å². The lowest BCUT2D eigenvalue weighted by molar-refractivity contribution is 0.0692. The van der Waals surface area contributed by atoms with Gasteiger partial charge in [-0.25, -0.2) is 9.48 Å². The second kappa shape index (κ2) is 5.73. The van der Waals surface area contributed by atoms with Crippen LogP contribution in [0.3, 0.4) is 0 Å². The highest BCUT2D eigenvalue weighted by molar-refractivity contribution is 5.90. The molecule has 1 aliphatic rings. The van der Waals surface area contributed by atoms with Crippen molar-refractivity contribution in [2.24, 2.45) is 0 Å². The van der Waals surface area contributed by atoms with Crippen LogP contribution in [0.5, 0.6) is 17.2 Å². The molecule has 2 heterocycles. The van der Waals surface area contributed by atoms with Crippen molar-refractivity contribution >= 4 is 17.0 Å². The summed E-state index contributed by atoms with van der Waals surface area (Å²) in [6, 6.07) is 10.1. The zero-order chi connectivity index (χ0) is 16.5. The third-order valence-corrected chi connectivity index (χ3v) is 3.69. The molecular weight excluding hydrogens is 314 g/mol. The standard InChI is InChI=1S/C16H13N3O5/c20-16(21)10-3-1-2-4-13(10)22-6-5-19-12-8-15-14(23-9-24-15)7-11(12)17-18-19/h1-4,7-8H,5-6,9H2,(H,20,21). The van der Waals surface area contributed by atoms with Crippen LogP contribution in [0.4, 0.5) is 0 Å². The van der Waals surface area contributed by atoms with E-state index in [1.165, 1.54) is 6.07 Å². The van der Waals surface area contributed by atoms with Gasteiger partial charge in [-0.3, -0.25) is 0 Å². The zero-order valence-corrected chi connectivity index (χ0v) is 12.5. The molecule has 2 aromatic carbocycles. The molecule has 122 valence electrons. The van der Waals surface area contributed by atoms with Crippen LogP contribution < -0.4 is 14.2 Å². The van der Waals surface area contributed by atoms with Gasteiger partial charge in [0.15, 0.2) is 11.5 Å². The number of carbonyl (C=O) groups is 1. The summed E-state index contributed by atoms with van der Waals surface area (Å²) >= 11 is 0. The van der Waals surface area contributed by atoms with Crippen LogP contribution in [0.2, 0.25) is 0 Å². The Morgan fingerprint density at radius 1 is 1.25 bits per heavy atom. The number of benzene rings is 2. The normalized spacial score (nSPS) is 12.5. The Kier molecular flexibility index (Phi) is 3.42. The Hall–Kier alpha value is -3.29. The predicted molar refractivity (Wildman–Crippen MR) is 82.5 cm³/mol. The number of nitrogens with zero attached hydrogens (tertiary/aromatic N) is 3. The van der Waals surface area contributed by atoms with E-state index in [4.69, 9.17) is 19.3 Å². The third kappa shape index (κ3) is 2.47. The molecule has 0 saturated carbocycles. The van der Waals surface area contributed by atoms with Gasteiger partial charge in [-0.15, -0.1) is 5.10 Å². The first-order valence-electron chi connectivity index (χ1n) is 7.30. The Bertz CT molecular complexity index is 921. The number of ether oxygens (including phenoxy) is 3. The summed E-state index contributed by atoms with van der Waals surface area (Å²) in [6.45, 7) is 0.881. The van der Waals surface area contributed by atoms with Crippen LogP contribution in [0, 0.1) is 0 Å². The Morgan fingerprint density at radius 2 is 2.04 bits per heavy atom. The van der Waals surface area contributed by atoms with E-state index in [2.05, 4.69) is 10.3 Å². The van der Waals surface area contributed by atoms with Gasteiger partial charge >= 0.3 is 5.97 Å². The summed E-state index contributed by atoms with van der Waals surface area (Å²) in [5.74, 6) is 0.612. The molecule has 1 N–H and O–H groups in total. The summed E-state index contributed by atoms with van der Waals surface area (Å²) in [5.41, 5.74) is 1.63. The lowest BCUT2D eigenvalue weighted by Crippen LogP contribution is -2.11. The summed E-state index contributed by atoms with van der Waals surface area (Å²) < 4.78 is 17.9. The number of para-hydroxylation sites is 1. The monoisotopic (exact) mass is 327 g/mol. The van der Waals surface area contributed by atoms with Crippen molar-refractivity contribution in [3.63, 3.8) is 0 Å². The summed E-state index contributed by atoms with van der Waals surface area (Å²) in [5, 5.41) is 17.3. The molecule has 8 nitrogen and oxygen atoms in total. The van der Waals surface area contributed by atoms with Crippen molar-refractivity contribution < 1.29 is 24.1 Å². The zero-order valence-electron chi connectivity index (χ0n) is 12.5. The van der Waals surface area contributed by atoms with Crippen molar-refractivity contribution in [3.8, 4) is 17.2 Å². The first kappa shape index (κ1) is 14.3. The summed E-state index contributed by atoms with van der Waals surface area (Å²) in [6.07, 6.45) is 0. The molecule has 0 radical (unpaired) electrons. The van der Waals surface area contributed by atoms with E-state index in [0.717, 1.165) is 5.52 Å². The highest BCUT2D eigenvalue weighted by atomic mass is 16.7. The Balaban J connectivity index is 1.51. The van der Waals surface area contributed by atoms with Gasteiger partial charge in [0, 0.05) is 12.1 Å². The van der Waals surface area contributed by atoms with Gasteiger partial charge in [-0.1, -0.05) is 17.3 Å². The van der Waals surface area contributed by atoms with Gasteiger partial charge in [0.1, 0.15) is 23.4 Å². The van der Waals surface area contributed by atoms with E-state index in [1.54, 1.807) is 28.9 Å². The summed E-state index contributed by atoms with van der Waals surface area (Å²) in [7, 11) is 0. The maximum absolute atomic E-state index is 11.2. The molecule has 0 saturated heterocycles. The Morgan fingerprint density at radius 3 is 2.88 bits per heavy atom. The second-order valence-electron chi connectivity index (χ2n) is 5.16. The molecule has 4 rings (SSSR count). The fourth-order valence-corrected chi connectivity index (χ4v) is 2.53. The second-order valence-corrected chi connectivity index (χ2v) is 5.16. The van der Waals surface area contributed by atoms with Gasteiger partial charge in [-0.05, 0) is 12.1 Å². The number of fused-ring (bicyclic) bond motifs is 2. The molecular formula is C16H13N3O5. The molecule has 1 aromatic heterocycles. The third-order valence-electron chi connectivity index (χ3n) is 3.69. The number of hydrogen-bond donors (Lipinski definition) is 1. The minimum Gasteiger partial charge on any atom is -0.491 e. The number of rotatable bonds is 5. The Labute approximate surface area is 136 Å². The molecule has 0 atom stereocenters. The lowest BCUT2D eigenvalue weighted by Gasteiger charge is -2.09. The SMILES string of the molecule is O=C(O)c1ccccc1OCCn1nnc2cc3c(cc21)OCO3. The molecule has 24 heavy (non-hydrogen) atoms. The van der Waals surface area contributed by atoms with E-state index >= 15 is 0 Å². The van der Waals surface area contributed by atoms with Gasteiger partial charge in [0.05, 0.1) is 12.1 Å². The minimum absolute atomic E-state index is 0.129. The number of carboxylic acids is 1. The van der Waals surface area contributed by atoms with E-state index in [9.17, 15) is 4.79 Å². The van der Waals surface area contributed by atoms with Gasteiger partial charge in [0.2, 0.25) is 6.79 Å². The molecule has 0 fully saturated rings. The highest BCUT2D eigenvalue weighted by Gasteiger charge is 2.17. The highest BCUT2D eigenvalue weighted by Crippen LogP contribution is 2.35. The lowest BCUT2D eigenvalue weighted by atomic mass is 10.2. The molecule has 3 aromatic rings. The number of hydrogen-bond acceptors (Lipinski definition) is 6. The molecule has 1 aliphatic heterocycles. The van der Waals surface area contributed by atoms with Crippen LogP contribution in [0.25, 0.3) is 11.0 Å². The van der Waals surface area contributed by atoms with Crippen LogP contribution >= 0.6 is 0 Å². The quantitative estimate of drug-likeness (QED) is 0.765. The van der Waals surface area contributed by atoms with E-state index in [-0.39, 0.29) is 19.0 Å². The van der Waals surface area contributed by atoms with Crippen LogP contribution in [-0.4, -0.2) is 39.5 Å². The average Bonchev–Trinajstić information content (AvgIpc) is 3.19. The largest absolute Gasteiger partial charge is 0.491 e. The number of carboxylic acid groups (broad SMARTS) is 1. The smallest absolute Gasteiger partial charge is 0.339 e. The minimum atomic E-state index is -1.02. The molecule has 0 amide bonds. The topological polar surface area (TPSA) is 95.7 Å². The molecule has 0 unspecified atom stereocenters. The van der Waals surface area contributed by atoms with Crippen molar-refractivity contribution in [2.75, 3.05) is 13.4 Å². The van der Waals surface area contributed by atoms with Gasteiger partial charge in [0.25, 0.3) is 0 Å². The van der Waals surface area contributed by atoms with Crippen LogP contribution in [-0.2, 0) is 6.54 Å².